The van der Waals surface area contributed by atoms with E-state index in [2.05, 4.69) is 4.98 Å². The first kappa shape index (κ1) is 16.4. The molecule has 0 aromatic carbocycles. The molecule has 112 valence electrons. The maximum atomic E-state index is 11.9. The van der Waals surface area contributed by atoms with E-state index >= 15 is 0 Å². The van der Waals surface area contributed by atoms with Crippen LogP contribution in [0.1, 0.15) is 45.1 Å². The number of rotatable bonds is 6. The zero-order valence-electron chi connectivity index (χ0n) is 12.4. The number of nitrogens with one attached hydrogen (secondary N) is 1. The molecule has 0 fully saturated rings. The Morgan fingerprint density at radius 2 is 2.05 bits per heavy atom. The summed E-state index contributed by atoms with van der Waals surface area (Å²) in [5.41, 5.74) is 0.568. The smallest absolute Gasteiger partial charge is 0.330 e. The van der Waals surface area contributed by atoms with Crippen LogP contribution in [0.2, 0.25) is 0 Å². The molecule has 0 spiro atoms. The number of ether oxygens (including phenoxy) is 1. The first-order valence-corrected chi connectivity index (χ1v) is 6.69. The summed E-state index contributed by atoms with van der Waals surface area (Å²) >= 11 is 0. The third kappa shape index (κ3) is 3.68. The van der Waals surface area contributed by atoms with E-state index < -0.39 is 17.4 Å². The van der Waals surface area contributed by atoms with Crippen molar-refractivity contribution in [2.75, 3.05) is 6.61 Å². The Hall–Kier alpha value is -1.66. The second kappa shape index (κ2) is 7.21. The molecule has 1 unspecified atom stereocenters. The Bertz CT molecular complexity index is 594. The van der Waals surface area contributed by atoms with E-state index in [1.807, 2.05) is 20.8 Å². The Balaban J connectivity index is 3.52. The van der Waals surface area contributed by atoms with E-state index in [0.29, 0.717) is 24.3 Å². The van der Waals surface area contributed by atoms with Crippen molar-refractivity contribution in [3.8, 4) is 0 Å². The van der Waals surface area contributed by atoms with Gasteiger partial charge in [0, 0.05) is 12.2 Å². The predicted octanol–water partition coefficient (Wildman–Crippen LogP) is 1.09. The third-order valence-corrected chi connectivity index (χ3v) is 2.89. The first-order chi connectivity index (χ1) is 9.42. The number of allylic oxidation sites excluding steroid dienone is 1. The highest BCUT2D eigenvalue weighted by Crippen LogP contribution is 2.17. The minimum atomic E-state index is -1.01. The van der Waals surface area contributed by atoms with Gasteiger partial charge in [0.2, 0.25) is 0 Å². The summed E-state index contributed by atoms with van der Waals surface area (Å²) in [6.07, 6.45) is 1.02. The number of aliphatic hydroxyl groups excluding tert-OH is 1. The van der Waals surface area contributed by atoms with Gasteiger partial charge in [-0.2, -0.15) is 0 Å². The van der Waals surface area contributed by atoms with Crippen LogP contribution in [0.3, 0.4) is 0 Å². The molecule has 1 atom stereocenters. The van der Waals surface area contributed by atoms with Gasteiger partial charge in [0.1, 0.15) is 12.8 Å². The lowest BCUT2D eigenvalue weighted by molar-refractivity contribution is 0.0757. The van der Waals surface area contributed by atoms with Gasteiger partial charge in [0.05, 0.1) is 5.69 Å². The van der Waals surface area contributed by atoms with Gasteiger partial charge in [-0.25, -0.2) is 4.79 Å². The molecule has 0 amide bonds. The van der Waals surface area contributed by atoms with Crippen LogP contribution in [0.25, 0.3) is 0 Å². The standard InChI is InChI=1S/C14H22N2O4/c1-5-10-12(11(17)7-9(3)4)16(8-20-6-2)14(19)15-13(10)18/h7,11,17H,5-6,8H2,1-4H3,(H,15,18,19). The molecule has 1 rings (SSSR count). The number of H-pyrrole nitrogens is 1. The summed E-state index contributed by atoms with van der Waals surface area (Å²) in [6.45, 7) is 7.73. The molecule has 1 aromatic heterocycles. The van der Waals surface area contributed by atoms with Gasteiger partial charge in [0.15, 0.2) is 0 Å². The maximum absolute atomic E-state index is 11.9. The number of hydrogen-bond acceptors (Lipinski definition) is 4. The van der Waals surface area contributed by atoms with Crippen molar-refractivity contribution in [1.29, 1.82) is 0 Å². The van der Waals surface area contributed by atoms with Crippen LogP contribution >= 0.6 is 0 Å². The highest BCUT2D eigenvalue weighted by molar-refractivity contribution is 5.24. The number of nitrogens with zero attached hydrogens (tertiary/aromatic N) is 1. The summed E-state index contributed by atoms with van der Waals surface area (Å²) in [5, 5.41) is 10.3. The Morgan fingerprint density at radius 3 is 2.55 bits per heavy atom. The monoisotopic (exact) mass is 282 g/mol. The Labute approximate surface area is 117 Å². The van der Waals surface area contributed by atoms with Crippen LogP contribution in [0.5, 0.6) is 0 Å². The van der Waals surface area contributed by atoms with Gasteiger partial charge >= 0.3 is 5.69 Å². The molecule has 6 heteroatoms. The molecule has 0 aliphatic heterocycles. The van der Waals surface area contributed by atoms with Gasteiger partial charge in [-0.05, 0) is 27.2 Å². The van der Waals surface area contributed by atoms with Crippen LogP contribution in [0, 0.1) is 0 Å². The quantitative estimate of drug-likeness (QED) is 0.765. The summed E-state index contributed by atoms with van der Waals surface area (Å²) in [4.78, 5) is 26.0. The molecule has 0 aliphatic carbocycles. The fourth-order valence-corrected chi connectivity index (χ4v) is 2.01. The van der Waals surface area contributed by atoms with Crippen molar-refractivity contribution in [2.24, 2.45) is 0 Å². The van der Waals surface area contributed by atoms with Crippen molar-refractivity contribution >= 4 is 0 Å². The number of hydrogen-bond donors (Lipinski definition) is 2. The molecule has 0 radical (unpaired) electrons. The summed E-state index contributed by atoms with van der Waals surface area (Å²) in [7, 11) is 0. The molecule has 1 heterocycles. The Kier molecular flexibility index (Phi) is 5.91. The van der Waals surface area contributed by atoms with E-state index in [1.54, 1.807) is 13.0 Å². The molecular formula is C14H22N2O4. The van der Waals surface area contributed by atoms with Crippen LogP contribution in [0.4, 0.5) is 0 Å². The lowest BCUT2D eigenvalue weighted by Gasteiger charge is -2.18. The zero-order valence-corrected chi connectivity index (χ0v) is 12.4. The van der Waals surface area contributed by atoms with Gasteiger partial charge in [0.25, 0.3) is 5.56 Å². The van der Waals surface area contributed by atoms with Crippen molar-refractivity contribution in [1.82, 2.24) is 9.55 Å². The maximum Gasteiger partial charge on any atom is 0.330 e. The summed E-state index contributed by atoms with van der Waals surface area (Å²) in [5.74, 6) is 0. The van der Waals surface area contributed by atoms with E-state index in [0.717, 1.165) is 5.57 Å². The number of aliphatic hydroxyl groups is 1. The van der Waals surface area contributed by atoms with Crippen molar-refractivity contribution < 1.29 is 9.84 Å². The van der Waals surface area contributed by atoms with Crippen molar-refractivity contribution in [3.63, 3.8) is 0 Å². The molecule has 2 N–H and O–H groups in total. The second-order valence-corrected chi connectivity index (χ2v) is 4.72. The minimum Gasteiger partial charge on any atom is -0.383 e. The Morgan fingerprint density at radius 1 is 1.40 bits per heavy atom. The van der Waals surface area contributed by atoms with E-state index in [4.69, 9.17) is 4.74 Å². The highest BCUT2D eigenvalue weighted by Gasteiger charge is 2.19. The average molecular weight is 282 g/mol. The molecule has 0 aliphatic rings. The van der Waals surface area contributed by atoms with Gasteiger partial charge in [-0.3, -0.25) is 14.3 Å². The minimum absolute atomic E-state index is 0.00209. The predicted molar refractivity (Wildman–Crippen MR) is 76.7 cm³/mol. The normalized spacial score (nSPS) is 12.2. The summed E-state index contributed by atoms with van der Waals surface area (Å²) < 4.78 is 6.52. The summed E-state index contributed by atoms with van der Waals surface area (Å²) in [6, 6.07) is 0. The molecule has 20 heavy (non-hydrogen) atoms. The average Bonchev–Trinajstić information content (AvgIpc) is 2.36. The lowest BCUT2D eigenvalue weighted by atomic mass is 10.1. The van der Waals surface area contributed by atoms with Crippen LogP contribution in [-0.4, -0.2) is 21.3 Å². The number of aromatic nitrogens is 2. The lowest BCUT2D eigenvalue weighted by Crippen LogP contribution is -2.37. The fourth-order valence-electron chi connectivity index (χ4n) is 2.01. The van der Waals surface area contributed by atoms with Crippen LogP contribution < -0.4 is 11.2 Å². The SMILES string of the molecule is CCOCn1c(C(O)C=C(C)C)c(CC)c(=O)[nH]c1=O. The fraction of sp³-hybridized carbons (Fsp3) is 0.571. The van der Waals surface area contributed by atoms with Gasteiger partial charge in [-0.15, -0.1) is 0 Å². The van der Waals surface area contributed by atoms with Crippen molar-refractivity contribution in [3.05, 3.63) is 43.7 Å². The first-order valence-electron chi connectivity index (χ1n) is 6.69. The molecule has 0 bridgehead atoms. The van der Waals surface area contributed by atoms with Crippen LogP contribution in [0.15, 0.2) is 21.2 Å². The largest absolute Gasteiger partial charge is 0.383 e. The molecule has 0 saturated carbocycles. The second-order valence-electron chi connectivity index (χ2n) is 4.72. The molecule has 1 aromatic rings. The highest BCUT2D eigenvalue weighted by atomic mass is 16.5. The molecular weight excluding hydrogens is 260 g/mol. The topological polar surface area (TPSA) is 84.3 Å². The van der Waals surface area contributed by atoms with Gasteiger partial charge in [-0.1, -0.05) is 18.6 Å². The van der Waals surface area contributed by atoms with Crippen molar-refractivity contribution in [2.45, 2.75) is 47.0 Å². The molecule has 0 saturated heterocycles. The number of aromatic amines is 1. The van der Waals surface area contributed by atoms with E-state index in [9.17, 15) is 14.7 Å². The zero-order chi connectivity index (χ0) is 15.3. The molecule has 6 nitrogen and oxygen atoms in total. The van der Waals surface area contributed by atoms with Crippen LogP contribution in [-0.2, 0) is 17.9 Å². The van der Waals surface area contributed by atoms with Gasteiger partial charge < -0.3 is 9.84 Å². The van der Waals surface area contributed by atoms with E-state index in [1.165, 1.54) is 4.57 Å². The third-order valence-electron chi connectivity index (χ3n) is 2.89. The van der Waals surface area contributed by atoms with E-state index in [-0.39, 0.29) is 6.73 Å².